The lowest BCUT2D eigenvalue weighted by Gasteiger charge is -2.27. The zero-order chi connectivity index (χ0) is 15.3. The van der Waals surface area contributed by atoms with E-state index in [4.69, 9.17) is 0 Å². The molecule has 0 saturated carbocycles. The highest BCUT2D eigenvalue weighted by atomic mass is 16.4. The Labute approximate surface area is 118 Å². The van der Waals surface area contributed by atoms with Gasteiger partial charge in [0.15, 0.2) is 0 Å². The van der Waals surface area contributed by atoms with Gasteiger partial charge in [-0.1, -0.05) is 27.7 Å². The number of aromatic nitrogens is 2. The molecule has 1 heterocycles. The molecule has 6 nitrogen and oxygen atoms in total. The summed E-state index contributed by atoms with van der Waals surface area (Å²) in [6.45, 7) is 7.82. The maximum absolute atomic E-state index is 11.6. The molecular weight excluding hydrogens is 258 g/mol. The van der Waals surface area contributed by atoms with Crippen molar-refractivity contribution in [2.24, 2.45) is 5.41 Å². The van der Waals surface area contributed by atoms with Crippen molar-refractivity contribution in [3.63, 3.8) is 0 Å². The first-order valence-corrected chi connectivity index (χ1v) is 6.93. The van der Waals surface area contributed by atoms with E-state index in [9.17, 15) is 14.7 Å². The van der Waals surface area contributed by atoms with E-state index in [1.54, 1.807) is 0 Å². The Balaban J connectivity index is 2.94. The molecule has 112 valence electrons. The first kappa shape index (κ1) is 16.2. The van der Waals surface area contributed by atoms with Crippen molar-refractivity contribution in [2.75, 3.05) is 11.9 Å². The maximum Gasteiger partial charge on any atom is 0.311 e. The van der Waals surface area contributed by atoms with Crippen LogP contribution in [0.15, 0.2) is 10.9 Å². The van der Waals surface area contributed by atoms with Gasteiger partial charge in [0.25, 0.3) is 5.56 Å². The molecule has 6 heteroatoms. The van der Waals surface area contributed by atoms with Crippen LogP contribution in [0.25, 0.3) is 0 Å². The fourth-order valence-electron chi connectivity index (χ4n) is 1.98. The molecule has 0 spiro atoms. The lowest BCUT2D eigenvalue weighted by atomic mass is 9.82. The minimum atomic E-state index is -0.831. The number of hydrogen-bond acceptors (Lipinski definition) is 4. The second-order valence-corrected chi connectivity index (χ2v) is 5.32. The number of H-pyrrole nitrogens is 1. The molecule has 0 aromatic carbocycles. The predicted octanol–water partition coefficient (Wildman–Crippen LogP) is 2.20. The van der Waals surface area contributed by atoms with Crippen molar-refractivity contribution >= 4 is 11.8 Å². The van der Waals surface area contributed by atoms with Crippen molar-refractivity contribution in [3.05, 3.63) is 22.2 Å². The van der Waals surface area contributed by atoms with Crippen LogP contribution in [0.1, 0.15) is 52.3 Å². The Kier molecular flexibility index (Phi) is 5.30. The number of hydrogen-bond donors (Lipinski definition) is 3. The van der Waals surface area contributed by atoms with E-state index in [0.29, 0.717) is 24.5 Å². The molecular formula is C14H23N3O3. The molecule has 0 amide bonds. The van der Waals surface area contributed by atoms with Crippen molar-refractivity contribution in [1.82, 2.24) is 9.97 Å². The molecule has 0 aliphatic heterocycles. The first-order chi connectivity index (χ1) is 9.34. The van der Waals surface area contributed by atoms with Crippen LogP contribution < -0.4 is 10.9 Å². The molecule has 0 fully saturated rings. The molecule has 0 aliphatic rings. The van der Waals surface area contributed by atoms with Crippen molar-refractivity contribution in [2.45, 2.75) is 46.5 Å². The molecule has 0 saturated heterocycles. The van der Waals surface area contributed by atoms with Gasteiger partial charge in [-0.25, -0.2) is 4.98 Å². The number of nitrogens with one attached hydrogen (secondary N) is 2. The standard InChI is InChI=1S/C14H23N3O3/c1-5-14(6-2,13(19)20)8-15-10-7-11(18)17-12(16-10)9(3)4/h7,9H,5-6,8H2,1-4H3,(H,19,20)(H2,15,16,17,18). The van der Waals surface area contributed by atoms with Gasteiger partial charge in [0, 0.05) is 18.5 Å². The topological polar surface area (TPSA) is 95.1 Å². The Morgan fingerprint density at radius 1 is 1.45 bits per heavy atom. The highest BCUT2D eigenvalue weighted by molar-refractivity contribution is 5.75. The van der Waals surface area contributed by atoms with Gasteiger partial charge in [0.2, 0.25) is 0 Å². The molecule has 3 N–H and O–H groups in total. The van der Waals surface area contributed by atoms with E-state index in [-0.39, 0.29) is 18.0 Å². The smallest absolute Gasteiger partial charge is 0.311 e. The second-order valence-electron chi connectivity index (χ2n) is 5.32. The van der Waals surface area contributed by atoms with E-state index in [1.807, 2.05) is 27.7 Å². The van der Waals surface area contributed by atoms with Crippen LogP contribution in [0.3, 0.4) is 0 Å². The summed E-state index contributed by atoms with van der Waals surface area (Å²) < 4.78 is 0. The van der Waals surface area contributed by atoms with E-state index in [1.165, 1.54) is 6.07 Å². The van der Waals surface area contributed by atoms with Crippen LogP contribution in [-0.2, 0) is 4.79 Å². The largest absolute Gasteiger partial charge is 0.481 e. The van der Waals surface area contributed by atoms with Crippen LogP contribution in [0.5, 0.6) is 0 Å². The Morgan fingerprint density at radius 2 is 2.05 bits per heavy atom. The molecule has 1 aromatic rings. The Morgan fingerprint density at radius 3 is 2.50 bits per heavy atom. The summed E-state index contributed by atoms with van der Waals surface area (Å²) in [7, 11) is 0. The van der Waals surface area contributed by atoms with Crippen LogP contribution in [-0.4, -0.2) is 27.6 Å². The summed E-state index contributed by atoms with van der Waals surface area (Å²) in [5.74, 6) is 0.286. The summed E-state index contributed by atoms with van der Waals surface area (Å²) in [5, 5.41) is 12.4. The molecule has 0 aliphatic carbocycles. The maximum atomic E-state index is 11.6. The number of carboxylic acid groups (broad SMARTS) is 1. The Bertz CT molecular complexity index is 519. The molecule has 0 atom stereocenters. The third-order valence-corrected chi connectivity index (χ3v) is 3.72. The van der Waals surface area contributed by atoms with Crippen molar-refractivity contribution in [3.8, 4) is 0 Å². The van der Waals surface area contributed by atoms with Gasteiger partial charge in [-0.2, -0.15) is 0 Å². The monoisotopic (exact) mass is 281 g/mol. The number of nitrogens with zero attached hydrogens (tertiary/aromatic N) is 1. The minimum absolute atomic E-state index is 0.103. The lowest BCUT2D eigenvalue weighted by Crippen LogP contribution is -2.37. The molecule has 1 rings (SSSR count). The molecule has 0 radical (unpaired) electrons. The lowest BCUT2D eigenvalue weighted by molar-refractivity contribution is -0.148. The third-order valence-electron chi connectivity index (χ3n) is 3.72. The highest BCUT2D eigenvalue weighted by Gasteiger charge is 2.34. The quantitative estimate of drug-likeness (QED) is 0.712. The van der Waals surface area contributed by atoms with Gasteiger partial charge in [0.1, 0.15) is 11.6 Å². The van der Waals surface area contributed by atoms with E-state index in [0.717, 1.165) is 0 Å². The number of aromatic amines is 1. The average Bonchev–Trinajstić information content (AvgIpc) is 2.39. The van der Waals surface area contributed by atoms with Gasteiger partial charge in [-0.05, 0) is 12.8 Å². The zero-order valence-electron chi connectivity index (χ0n) is 12.5. The minimum Gasteiger partial charge on any atom is -0.481 e. The summed E-state index contributed by atoms with van der Waals surface area (Å²) in [5.41, 5.74) is -1.07. The fourth-order valence-corrected chi connectivity index (χ4v) is 1.98. The number of carbonyl (C=O) groups is 1. The number of anilines is 1. The van der Waals surface area contributed by atoms with E-state index < -0.39 is 11.4 Å². The van der Waals surface area contributed by atoms with Gasteiger partial charge in [-0.3, -0.25) is 9.59 Å². The molecule has 0 bridgehead atoms. The summed E-state index contributed by atoms with van der Waals surface area (Å²) in [6.07, 6.45) is 1.04. The van der Waals surface area contributed by atoms with E-state index in [2.05, 4.69) is 15.3 Å². The molecule has 20 heavy (non-hydrogen) atoms. The average molecular weight is 281 g/mol. The third kappa shape index (κ3) is 3.59. The Hall–Kier alpha value is -1.85. The first-order valence-electron chi connectivity index (χ1n) is 6.93. The zero-order valence-corrected chi connectivity index (χ0v) is 12.5. The summed E-state index contributed by atoms with van der Waals surface area (Å²) >= 11 is 0. The van der Waals surface area contributed by atoms with E-state index >= 15 is 0 Å². The predicted molar refractivity (Wildman–Crippen MR) is 78.1 cm³/mol. The van der Waals surface area contributed by atoms with Gasteiger partial charge >= 0.3 is 5.97 Å². The second kappa shape index (κ2) is 6.54. The van der Waals surface area contributed by atoms with Gasteiger partial charge in [-0.15, -0.1) is 0 Å². The SMILES string of the molecule is CCC(CC)(CNc1cc(=O)[nH]c(C(C)C)n1)C(=O)O. The van der Waals surface area contributed by atoms with Gasteiger partial charge < -0.3 is 15.4 Å². The van der Waals surface area contributed by atoms with Crippen LogP contribution in [0.2, 0.25) is 0 Å². The normalized spacial score (nSPS) is 11.7. The number of aliphatic carboxylic acids is 1. The van der Waals surface area contributed by atoms with Crippen molar-refractivity contribution < 1.29 is 9.90 Å². The van der Waals surface area contributed by atoms with Crippen molar-refractivity contribution in [1.29, 1.82) is 0 Å². The number of rotatable bonds is 7. The fraction of sp³-hybridized carbons (Fsp3) is 0.643. The van der Waals surface area contributed by atoms with Crippen LogP contribution in [0.4, 0.5) is 5.82 Å². The number of carboxylic acids is 1. The van der Waals surface area contributed by atoms with Crippen LogP contribution in [0, 0.1) is 5.41 Å². The summed E-state index contributed by atoms with van der Waals surface area (Å²) in [6, 6.07) is 1.35. The van der Waals surface area contributed by atoms with Gasteiger partial charge in [0.05, 0.1) is 5.41 Å². The molecule has 0 unspecified atom stereocenters. The van der Waals surface area contributed by atoms with Crippen LogP contribution >= 0.6 is 0 Å². The molecule has 1 aromatic heterocycles. The summed E-state index contributed by atoms with van der Waals surface area (Å²) in [4.78, 5) is 30.0. The highest BCUT2D eigenvalue weighted by Crippen LogP contribution is 2.27.